The number of hydrogen-bond acceptors (Lipinski definition) is 4. The number of thioether (sulfide) groups is 1. The summed E-state index contributed by atoms with van der Waals surface area (Å²) in [7, 11) is 0. The van der Waals surface area contributed by atoms with Crippen molar-refractivity contribution in [3.63, 3.8) is 0 Å². The minimum atomic E-state index is 0.704. The molecule has 0 spiro atoms. The van der Waals surface area contributed by atoms with Crippen LogP contribution in [0.15, 0.2) is 52.7 Å². The van der Waals surface area contributed by atoms with Gasteiger partial charge in [-0.25, -0.2) is 0 Å². The third kappa shape index (κ3) is 4.15. The van der Waals surface area contributed by atoms with Crippen LogP contribution < -0.4 is 10.7 Å². The topological polar surface area (TPSA) is 44.9 Å². The Morgan fingerprint density at radius 3 is 2.62 bits per heavy atom. The largest absolute Gasteiger partial charge is 0.362 e. The monoisotopic (exact) mass is 427 g/mol. The lowest BCUT2D eigenvalue weighted by atomic mass is 10.1. The maximum absolute atomic E-state index is 6.69. The molecule has 2 heterocycles. The van der Waals surface area contributed by atoms with E-state index in [0.717, 1.165) is 70.8 Å². The molecule has 1 aliphatic heterocycles. The van der Waals surface area contributed by atoms with E-state index < -0.39 is 0 Å². The zero-order valence-corrected chi connectivity index (χ0v) is 18.4. The summed E-state index contributed by atoms with van der Waals surface area (Å²) in [5.74, 6) is 1.02. The van der Waals surface area contributed by atoms with Crippen molar-refractivity contribution in [3.8, 4) is 0 Å². The molecule has 152 valence electrons. The van der Waals surface area contributed by atoms with E-state index in [4.69, 9.17) is 11.6 Å². The zero-order chi connectivity index (χ0) is 20.2. The summed E-state index contributed by atoms with van der Waals surface area (Å²) in [6.07, 6.45) is 0. The maximum Gasteiger partial charge on any atom is 0.183 e. The fraction of sp³-hybridized carbons (Fsp3) is 0.364. The molecule has 0 amide bonds. The van der Waals surface area contributed by atoms with Gasteiger partial charge in [-0.15, -0.1) is 10.2 Å². The van der Waals surface area contributed by atoms with Gasteiger partial charge in [-0.2, -0.15) is 0 Å². The van der Waals surface area contributed by atoms with Crippen LogP contribution in [0, 0.1) is 0 Å². The van der Waals surface area contributed by atoms with Crippen LogP contribution in [0.25, 0.3) is 21.8 Å². The average Bonchev–Trinajstić information content (AvgIpc) is 3.27. The van der Waals surface area contributed by atoms with Gasteiger partial charge >= 0.3 is 0 Å². The van der Waals surface area contributed by atoms with Crippen molar-refractivity contribution in [2.24, 2.45) is 10.2 Å². The summed E-state index contributed by atoms with van der Waals surface area (Å²) in [6.45, 7) is 9.32. The standard InChI is InChI=1S/C22H26ClN5S/c1-3-27(4-2)13-14-28-18-10-6-5-8-16(18)21(25-26-22-24-12-15-29-22)20-17(23)9-7-11-19(20)28/h5-11H,3-4,12-15H2,1-2H3,(H,24,26). The van der Waals surface area contributed by atoms with Gasteiger partial charge < -0.3 is 14.8 Å². The summed E-state index contributed by atoms with van der Waals surface area (Å²) in [5, 5.41) is 16.9. The van der Waals surface area contributed by atoms with Crippen LogP contribution in [-0.4, -0.2) is 46.6 Å². The van der Waals surface area contributed by atoms with Gasteiger partial charge in [0.2, 0.25) is 0 Å². The molecule has 0 saturated carbocycles. The van der Waals surface area contributed by atoms with Gasteiger partial charge in [0.05, 0.1) is 16.1 Å². The predicted molar refractivity (Wildman–Crippen MR) is 126 cm³/mol. The highest BCUT2D eigenvalue weighted by Crippen LogP contribution is 2.25. The summed E-state index contributed by atoms with van der Waals surface area (Å²) in [5.41, 5.74) is 2.25. The van der Waals surface area contributed by atoms with Gasteiger partial charge in [0.15, 0.2) is 5.17 Å². The molecule has 5 nitrogen and oxygen atoms in total. The van der Waals surface area contributed by atoms with Crippen molar-refractivity contribution < 1.29 is 0 Å². The molecule has 0 radical (unpaired) electrons. The highest BCUT2D eigenvalue weighted by Gasteiger charge is 2.13. The van der Waals surface area contributed by atoms with Gasteiger partial charge in [0, 0.05) is 36.2 Å². The lowest BCUT2D eigenvalue weighted by molar-refractivity contribution is 0.293. The van der Waals surface area contributed by atoms with Gasteiger partial charge in [0.1, 0.15) is 5.36 Å². The molecule has 4 rings (SSSR count). The highest BCUT2D eigenvalue weighted by molar-refractivity contribution is 8.14. The van der Waals surface area contributed by atoms with Crippen LogP contribution in [-0.2, 0) is 6.54 Å². The van der Waals surface area contributed by atoms with E-state index in [0.29, 0.717) is 5.02 Å². The molecule has 3 aromatic rings. The summed E-state index contributed by atoms with van der Waals surface area (Å²) in [6, 6.07) is 14.5. The van der Waals surface area contributed by atoms with Crippen molar-refractivity contribution in [2.45, 2.75) is 20.4 Å². The smallest absolute Gasteiger partial charge is 0.183 e. The van der Waals surface area contributed by atoms with Crippen molar-refractivity contribution in [1.29, 1.82) is 0 Å². The lowest BCUT2D eigenvalue weighted by Gasteiger charge is -2.22. The molecule has 0 unspecified atom stereocenters. The Bertz CT molecular complexity index is 1110. The first-order chi connectivity index (χ1) is 14.2. The van der Waals surface area contributed by atoms with E-state index in [2.05, 4.69) is 69.2 Å². The number of amidine groups is 1. The molecule has 1 saturated heterocycles. The van der Waals surface area contributed by atoms with Crippen LogP contribution in [0.1, 0.15) is 13.8 Å². The minimum Gasteiger partial charge on any atom is -0.362 e. The fourth-order valence-electron chi connectivity index (χ4n) is 3.79. The highest BCUT2D eigenvalue weighted by atomic mass is 35.5. The first kappa shape index (κ1) is 20.3. The number of pyridine rings is 1. The second-order valence-electron chi connectivity index (χ2n) is 6.96. The molecule has 7 heteroatoms. The number of rotatable bonds is 6. The number of nitrogens with one attached hydrogen (secondary N) is 1. The zero-order valence-electron chi connectivity index (χ0n) is 16.9. The number of likely N-dealkylation sites (N-methyl/N-ethyl adjacent to an activating group) is 1. The number of para-hydroxylation sites is 1. The van der Waals surface area contributed by atoms with E-state index >= 15 is 0 Å². The number of halogens is 1. The molecule has 2 aromatic carbocycles. The number of aromatic nitrogens is 1. The predicted octanol–water partition coefficient (Wildman–Crippen LogP) is 4.30. The maximum atomic E-state index is 6.69. The van der Waals surface area contributed by atoms with E-state index in [1.54, 1.807) is 11.8 Å². The molecule has 0 atom stereocenters. The second-order valence-corrected chi connectivity index (χ2v) is 8.45. The lowest BCUT2D eigenvalue weighted by Crippen LogP contribution is -2.27. The molecular weight excluding hydrogens is 402 g/mol. The van der Waals surface area contributed by atoms with Crippen LogP contribution >= 0.6 is 23.4 Å². The number of hydrogen-bond donors (Lipinski definition) is 1. The Morgan fingerprint density at radius 1 is 1.07 bits per heavy atom. The molecule has 0 aliphatic carbocycles. The van der Waals surface area contributed by atoms with Crippen molar-refractivity contribution in [3.05, 3.63) is 52.8 Å². The molecule has 29 heavy (non-hydrogen) atoms. The van der Waals surface area contributed by atoms with Gasteiger partial charge in [-0.1, -0.05) is 61.5 Å². The number of fused-ring (bicyclic) bond motifs is 2. The minimum absolute atomic E-state index is 0.704. The van der Waals surface area contributed by atoms with E-state index in [-0.39, 0.29) is 0 Å². The Morgan fingerprint density at radius 2 is 1.86 bits per heavy atom. The molecule has 1 N–H and O–H groups in total. The Hall–Kier alpha value is -2.02. The van der Waals surface area contributed by atoms with E-state index in [9.17, 15) is 0 Å². The SMILES string of the molecule is CCN(CC)CCn1c2ccccc2c(=NN=C2NCCS2)c2c(Cl)cccc21. The van der Waals surface area contributed by atoms with E-state index in [1.807, 2.05) is 12.1 Å². The number of nitrogens with zero attached hydrogens (tertiary/aromatic N) is 4. The second kappa shape index (κ2) is 9.20. The van der Waals surface area contributed by atoms with Crippen molar-refractivity contribution in [2.75, 3.05) is 31.9 Å². The first-order valence-electron chi connectivity index (χ1n) is 10.1. The first-order valence-corrected chi connectivity index (χ1v) is 11.5. The Kier molecular flexibility index (Phi) is 6.43. The summed E-state index contributed by atoms with van der Waals surface area (Å²) in [4.78, 5) is 2.44. The third-order valence-electron chi connectivity index (χ3n) is 5.36. The summed E-state index contributed by atoms with van der Waals surface area (Å²) < 4.78 is 2.36. The molecule has 0 bridgehead atoms. The van der Waals surface area contributed by atoms with E-state index in [1.165, 1.54) is 0 Å². The van der Waals surface area contributed by atoms with Crippen LogP contribution in [0.5, 0.6) is 0 Å². The van der Waals surface area contributed by atoms with Crippen LogP contribution in [0.2, 0.25) is 5.02 Å². The molecule has 1 aromatic heterocycles. The molecular formula is C22H26ClN5S. The average molecular weight is 428 g/mol. The Balaban J connectivity index is 1.97. The molecule has 1 aliphatic rings. The normalized spacial score (nSPS) is 16.4. The number of benzene rings is 2. The van der Waals surface area contributed by atoms with Crippen LogP contribution in [0.3, 0.4) is 0 Å². The Labute approximate surface area is 180 Å². The summed E-state index contributed by atoms with van der Waals surface area (Å²) >= 11 is 8.39. The fourth-order valence-corrected chi connectivity index (χ4v) is 4.75. The third-order valence-corrected chi connectivity index (χ3v) is 6.58. The van der Waals surface area contributed by atoms with Crippen molar-refractivity contribution in [1.82, 2.24) is 14.8 Å². The quantitative estimate of drug-likeness (QED) is 0.471. The van der Waals surface area contributed by atoms with Gasteiger partial charge in [-0.3, -0.25) is 0 Å². The van der Waals surface area contributed by atoms with Crippen molar-refractivity contribution >= 4 is 50.3 Å². The van der Waals surface area contributed by atoms with Gasteiger partial charge in [0.25, 0.3) is 0 Å². The van der Waals surface area contributed by atoms with Crippen LogP contribution in [0.4, 0.5) is 0 Å². The molecule has 1 fully saturated rings. The van der Waals surface area contributed by atoms with Gasteiger partial charge in [-0.05, 0) is 31.3 Å².